The summed E-state index contributed by atoms with van der Waals surface area (Å²) < 4.78 is 0. The summed E-state index contributed by atoms with van der Waals surface area (Å²) in [6, 6.07) is 0.773. The van der Waals surface area contributed by atoms with Crippen LogP contribution in [-0.4, -0.2) is 37.1 Å². The van der Waals surface area contributed by atoms with E-state index in [0.29, 0.717) is 0 Å². The Kier molecular flexibility index (Phi) is 11.3. The quantitative estimate of drug-likeness (QED) is 0.519. The van der Waals surface area contributed by atoms with Crippen molar-refractivity contribution in [1.29, 1.82) is 0 Å². The van der Waals surface area contributed by atoms with Crippen molar-refractivity contribution in [2.75, 3.05) is 26.2 Å². The van der Waals surface area contributed by atoms with E-state index in [1.165, 1.54) is 83.8 Å². The molecular weight excluding hydrogens is 256 g/mol. The van der Waals surface area contributed by atoms with Gasteiger partial charge in [-0.2, -0.15) is 0 Å². The van der Waals surface area contributed by atoms with Crippen LogP contribution in [0.2, 0.25) is 0 Å². The van der Waals surface area contributed by atoms with Gasteiger partial charge in [-0.05, 0) is 38.4 Å². The van der Waals surface area contributed by atoms with Crippen molar-refractivity contribution in [3.8, 4) is 0 Å². The zero-order valence-corrected chi connectivity index (χ0v) is 15.0. The predicted octanol–water partition coefficient (Wildman–Crippen LogP) is 4.84. The topological polar surface area (TPSA) is 15.3 Å². The van der Waals surface area contributed by atoms with Crippen molar-refractivity contribution >= 4 is 0 Å². The molecule has 0 spiro atoms. The molecule has 1 fully saturated rings. The number of hydrogen-bond acceptors (Lipinski definition) is 2. The van der Waals surface area contributed by atoms with Crippen LogP contribution < -0.4 is 5.32 Å². The van der Waals surface area contributed by atoms with Crippen molar-refractivity contribution < 1.29 is 0 Å². The second-order valence-electron chi connectivity index (χ2n) is 6.90. The number of hydrogen-bond donors (Lipinski definition) is 1. The molecule has 0 bridgehead atoms. The third kappa shape index (κ3) is 8.21. The van der Waals surface area contributed by atoms with Crippen molar-refractivity contribution in [1.82, 2.24) is 10.2 Å². The van der Waals surface area contributed by atoms with E-state index in [4.69, 9.17) is 0 Å². The van der Waals surface area contributed by atoms with E-state index in [1.54, 1.807) is 0 Å². The number of piperidine rings is 1. The Morgan fingerprint density at radius 2 is 1.57 bits per heavy atom. The van der Waals surface area contributed by atoms with E-state index in [1.807, 2.05) is 0 Å². The molecular formula is C19H40N2. The summed E-state index contributed by atoms with van der Waals surface area (Å²) in [5.74, 6) is 0.868. The Morgan fingerprint density at radius 3 is 2.19 bits per heavy atom. The minimum absolute atomic E-state index is 0.773. The highest BCUT2D eigenvalue weighted by molar-refractivity contribution is 4.84. The summed E-state index contributed by atoms with van der Waals surface area (Å²) in [7, 11) is 0. The minimum Gasteiger partial charge on any atom is -0.314 e. The summed E-state index contributed by atoms with van der Waals surface area (Å²) in [4.78, 5) is 2.72. The summed E-state index contributed by atoms with van der Waals surface area (Å²) in [5, 5.41) is 3.68. The van der Waals surface area contributed by atoms with Gasteiger partial charge in [0.15, 0.2) is 0 Å². The van der Waals surface area contributed by atoms with Crippen LogP contribution in [-0.2, 0) is 0 Å². The smallest absolute Gasteiger partial charge is 0.0119 e. The maximum atomic E-state index is 3.68. The molecule has 0 amide bonds. The molecule has 0 aliphatic carbocycles. The largest absolute Gasteiger partial charge is 0.314 e. The van der Waals surface area contributed by atoms with Gasteiger partial charge in [0.2, 0.25) is 0 Å². The number of nitrogens with zero attached hydrogens (tertiary/aromatic N) is 1. The second-order valence-corrected chi connectivity index (χ2v) is 6.90. The van der Waals surface area contributed by atoms with Gasteiger partial charge in [-0.15, -0.1) is 0 Å². The summed E-state index contributed by atoms with van der Waals surface area (Å²) in [5.41, 5.74) is 0. The van der Waals surface area contributed by atoms with Crippen LogP contribution in [0.5, 0.6) is 0 Å². The number of unbranched alkanes of at least 4 members (excludes halogenated alkanes) is 7. The Labute approximate surface area is 134 Å². The van der Waals surface area contributed by atoms with Gasteiger partial charge in [0.05, 0.1) is 0 Å². The predicted molar refractivity (Wildman–Crippen MR) is 94.9 cm³/mol. The summed E-state index contributed by atoms with van der Waals surface area (Å²) in [6.07, 6.45) is 14.1. The first kappa shape index (κ1) is 19.0. The molecule has 2 heteroatoms. The molecule has 0 aromatic heterocycles. The van der Waals surface area contributed by atoms with Crippen molar-refractivity contribution in [2.24, 2.45) is 5.92 Å². The lowest BCUT2D eigenvalue weighted by Crippen LogP contribution is -2.49. The van der Waals surface area contributed by atoms with Gasteiger partial charge in [-0.3, -0.25) is 0 Å². The minimum atomic E-state index is 0.773. The van der Waals surface area contributed by atoms with Crippen molar-refractivity contribution in [3.05, 3.63) is 0 Å². The lowest BCUT2D eigenvalue weighted by Gasteiger charge is -2.38. The van der Waals surface area contributed by atoms with Gasteiger partial charge < -0.3 is 10.2 Å². The molecule has 126 valence electrons. The van der Waals surface area contributed by atoms with Crippen molar-refractivity contribution in [2.45, 2.75) is 91.0 Å². The number of likely N-dealkylation sites (tertiary alicyclic amines) is 1. The van der Waals surface area contributed by atoms with Crippen LogP contribution in [0.3, 0.4) is 0 Å². The highest BCUT2D eigenvalue weighted by atomic mass is 15.1. The van der Waals surface area contributed by atoms with Gasteiger partial charge in [-0.1, -0.05) is 72.1 Å². The van der Waals surface area contributed by atoms with E-state index in [-0.39, 0.29) is 0 Å². The molecule has 21 heavy (non-hydrogen) atoms. The van der Waals surface area contributed by atoms with E-state index in [0.717, 1.165) is 18.5 Å². The second kappa shape index (κ2) is 12.5. The molecule has 2 nitrogen and oxygen atoms in total. The third-order valence-corrected chi connectivity index (χ3v) is 5.14. The fourth-order valence-corrected chi connectivity index (χ4v) is 3.72. The highest BCUT2D eigenvalue weighted by Gasteiger charge is 2.26. The molecule has 1 heterocycles. The van der Waals surface area contributed by atoms with Gasteiger partial charge >= 0.3 is 0 Å². The van der Waals surface area contributed by atoms with Crippen molar-refractivity contribution in [3.63, 3.8) is 0 Å². The van der Waals surface area contributed by atoms with Crippen LogP contribution >= 0.6 is 0 Å². The highest BCUT2D eigenvalue weighted by Crippen LogP contribution is 2.20. The molecule has 0 radical (unpaired) electrons. The Balaban J connectivity index is 2.03. The SMILES string of the molecule is CCCCCCCCCCN1CCC(NCC)C(CC)C1. The maximum Gasteiger partial charge on any atom is 0.0119 e. The summed E-state index contributed by atoms with van der Waals surface area (Å²) >= 11 is 0. The molecule has 1 rings (SSSR count). The monoisotopic (exact) mass is 296 g/mol. The van der Waals surface area contributed by atoms with Gasteiger partial charge in [0.25, 0.3) is 0 Å². The molecule has 1 aliphatic heterocycles. The van der Waals surface area contributed by atoms with Crippen LogP contribution in [0, 0.1) is 5.92 Å². The van der Waals surface area contributed by atoms with Gasteiger partial charge in [-0.25, -0.2) is 0 Å². The number of nitrogens with one attached hydrogen (secondary N) is 1. The molecule has 0 aromatic carbocycles. The van der Waals surface area contributed by atoms with Crippen LogP contribution in [0.1, 0.15) is 85.0 Å². The fraction of sp³-hybridized carbons (Fsp3) is 1.00. The van der Waals surface area contributed by atoms with E-state index in [2.05, 4.69) is 31.0 Å². The van der Waals surface area contributed by atoms with Crippen LogP contribution in [0.4, 0.5) is 0 Å². The molecule has 1 N–H and O–H groups in total. The molecule has 2 unspecified atom stereocenters. The normalized spacial score (nSPS) is 23.6. The molecule has 2 atom stereocenters. The maximum absolute atomic E-state index is 3.68. The lowest BCUT2D eigenvalue weighted by molar-refractivity contribution is 0.133. The first-order valence-electron chi connectivity index (χ1n) is 9.77. The number of rotatable bonds is 12. The Morgan fingerprint density at radius 1 is 0.905 bits per heavy atom. The third-order valence-electron chi connectivity index (χ3n) is 5.14. The zero-order chi connectivity index (χ0) is 15.3. The first-order chi connectivity index (χ1) is 10.3. The molecule has 1 saturated heterocycles. The molecule has 0 saturated carbocycles. The first-order valence-corrected chi connectivity index (χ1v) is 9.77. The van der Waals surface area contributed by atoms with Gasteiger partial charge in [0, 0.05) is 12.6 Å². The average Bonchev–Trinajstić information content (AvgIpc) is 2.51. The average molecular weight is 297 g/mol. The van der Waals surface area contributed by atoms with E-state index < -0.39 is 0 Å². The molecule has 1 aliphatic rings. The van der Waals surface area contributed by atoms with Crippen LogP contribution in [0.15, 0.2) is 0 Å². The lowest BCUT2D eigenvalue weighted by atomic mass is 9.89. The van der Waals surface area contributed by atoms with Gasteiger partial charge in [0.1, 0.15) is 0 Å². The standard InChI is InChI=1S/C19H40N2/c1-4-7-8-9-10-11-12-13-15-21-16-14-19(20-6-3)18(5-2)17-21/h18-20H,4-17H2,1-3H3. The Bertz CT molecular complexity index is 230. The molecule has 0 aromatic rings. The summed E-state index contributed by atoms with van der Waals surface area (Å²) in [6.45, 7) is 12.0. The fourth-order valence-electron chi connectivity index (χ4n) is 3.72. The van der Waals surface area contributed by atoms with Crippen LogP contribution in [0.25, 0.3) is 0 Å². The van der Waals surface area contributed by atoms with E-state index in [9.17, 15) is 0 Å². The zero-order valence-electron chi connectivity index (χ0n) is 15.0. The Hall–Kier alpha value is -0.0800. The van der Waals surface area contributed by atoms with E-state index >= 15 is 0 Å².